The van der Waals surface area contributed by atoms with Crippen molar-refractivity contribution in [1.82, 2.24) is 10.2 Å². The van der Waals surface area contributed by atoms with Crippen molar-refractivity contribution in [3.63, 3.8) is 0 Å². The number of benzene rings is 2. The Kier molecular flexibility index (Phi) is 10.5. The number of anilines is 1. The highest BCUT2D eigenvalue weighted by molar-refractivity contribution is 7.92. The number of hydrogen-bond donors (Lipinski definition) is 1. The highest BCUT2D eigenvalue weighted by Gasteiger charge is 2.29. The third-order valence-electron chi connectivity index (χ3n) is 6.76. The third-order valence-corrected chi connectivity index (χ3v) is 8.32. The van der Waals surface area contributed by atoms with Crippen LogP contribution in [0.2, 0.25) is 5.02 Å². The second-order valence-corrected chi connectivity index (χ2v) is 12.0. The average molecular weight is 570 g/mol. The van der Waals surface area contributed by atoms with Crippen molar-refractivity contribution in [3.8, 4) is 0 Å². The van der Waals surface area contributed by atoms with Gasteiger partial charge in [-0.15, -0.1) is 0 Å². The monoisotopic (exact) mass is 569 g/mol. The van der Waals surface area contributed by atoms with E-state index in [1.165, 1.54) is 11.0 Å². The van der Waals surface area contributed by atoms with Gasteiger partial charge in [0.05, 0.1) is 11.9 Å². The van der Waals surface area contributed by atoms with E-state index in [9.17, 15) is 26.8 Å². The largest absolute Gasteiger partial charge is 0.352 e. The lowest BCUT2D eigenvalue weighted by atomic mass is 9.95. The van der Waals surface area contributed by atoms with E-state index in [0.29, 0.717) is 10.6 Å². The van der Waals surface area contributed by atoms with Crippen molar-refractivity contribution in [3.05, 3.63) is 64.7 Å². The van der Waals surface area contributed by atoms with Gasteiger partial charge in [0.2, 0.25) is 21.8 Å². The van der Waals surface area contributed by atoms with E-state index in [2.05, 4.69) is 5.32 Å². The van der Waals surface area contributed by atoms with Crippen LogP contribution >= 0.6 is 11.6 Å². The molecule has 2 amide bonds. The van der Waals surface area contributed by atoms with E-state index in [1.807, 2.05) is 0 Å². The maximum atomic E-state index is 13.8. The Hall–Kier alpha value is -2.72. The van der Waals surface area contributed by atoms with Crippen molar-refractivity contribution in [2.24, 2.45) is 0 Å². The van der Waals surface area contributed by atoms with Gasteiger partial charge in [-0.3, -0.25) is 13.9 Å². The maximum Gasteiger partial charge on any atom is 0.242 e. The number of nitrogens with zero attached hydrogens (tertiary/aromatic N) is 2. The standard InChI is InChI=1S/C27H34ClF2N3O4S/c1-19(27(35)31-21-10-4-3-5-11-21)32(18-20-9-6-7-12-23(20)28)26(34)13-8-16-33(38(2,36)37)22-14-15-24(29)25(30)17-22/h6-7,9,12,14-15,17,19,21H,3-5,8,10-11,13,16,18H2,1-2H3,(H,31,35). The zero-order valence-corrected chi connectivity index (χ0v) is 23.2. The number of sulfonamides is 1. The summed E-state index contributed by atoms with van der Waals surface area (Å²) < 4.78 is 52.7. The number of carbonyl (C=O) groups is 2. The molecule has 11 heteroatoms. The van der Waals surface area contributed by atoms with Gasteiger partial charge in [-0.2, -0.15) is 0 Å². The Morgan fingerprint density at radius 3 is 2.39 bits per heavy atom. The Balaban J connectivity index is 1.73. The van der Waals surface area contributed by atoms with Crippen LogP contribution in [0.1, 0.15) is 57.4 Å². The van der Waals surface area contributed by atoms with Gasteiger partial charge in [0.1, 0.15) is 6.04 Å². The lowest BCUT2D eigenvalue weighted by Gasteiger charge is -2.31. The molecule has 2 aromatic rings. The first kappa shape index (κ1) is 29.8. The van der Waals surface area contributed by atoms with Crippen LogP contribution in [-0.2, 0) is 26.2 Å². The molecule has 0 aromatic heterocycles. The minimum atomic E-state index is -3.83. The van der Waals surface area contributed by atoms with Gasteiger partial charge in [0.25, 0.3) is 0 Å². The fraction of sp³-hybridized carbons (Fsp3) is 0.481. The molecule has 1 aliphatic carbocycles. The molecule has 2 aromatic carbocycles. The first-order chi connectivity index (χ1) is 18.0. The maximum absolute atomic E-state index is 13.8. The zero-order valence-electron chi connectivity index (χ0n) is 21.6. The van der Waals surface area contributed by atoms with Crippen molar-refractivity contribution in [2.45, 2.75) is 70.5 Å². The highest BCUT2D eigenvalue weighted by Crippen LogP contribution is 2.23. The van der Waals surface area contributed by atoms with E-state index in [-0.39, 0.29) is 49.5 Å². The van der Waals surface area contributed by atoms with Crippen LogP contribution in [0.15, 0.2) is 42.5 Å². The van der Waals surface area contributed by atoms with Crippen LogP contribution < -0.4 is 9.62 Å². The smallest absolute Gasteiger partial charge is 0.242 e. The number of amides is 2. The Morgan fingerprint density at radius 2 is 1.76 bits per heavy atom. The van der Waals surface area contributed by atoms with Crippen LogP contribution in [0.5, 0.6) is 0 Å². The lowest BCUT2D eigenvalue weighted by molar-refractivity contribution is -0.141. The zero-order chi connectivity index (χ0) is 27.9. The summed E-state index contributed by atoms with van der Waals surface area (Å²) in [4.78, 5) is 27.9. The number of halogens is 3. The van der Waals surface area contributed by atoms with E-state index < -0.39 is 27.7 Å². The predicted molar refractivity (Wildman–Crippen MR) is 144 cm³/mol. The minimum Gasteiger partial charge on any atom is -0.352 e. The molecule has 0 radical (unpaired) electrons. The molecule has 1 aliphatic rings. The van der Waals surface area contributed by atoms with Crippen LogP contribution in [-0.4, -0.2) is 50.0 Å². The number of hydrogen-bond acceptors (Lipinski definition) is 4. The molecule has 0 saturated heterocycles. The molecule has 1 saturated carbocycles. The summed E-state index contributed by atoms with van der Waals surface area (Å²) in [5.41, 5.74) is 0.645. The van der Waals surface area contributed by atoms with Gasteiger partial charge in [0.15, 0.2) is 11.6 Å². The van der Waals surface area contributed by atoms with Crippen LogP contribution in [0.3, 0.4) is 0 Å². The molecule has 1 N–H and O–H groups in total. The first-order valence-corrected chi connectivity index (χ1v) is 15.0. The Labute approximate surface area is 228 Å². The van der Waals surface area contributed by atoms with Crippen molar-refractivity contribution in [1.29, 1.82) is 0 Å². The highest BCUT2D eigenvalue weighted by atomic mass is 35.5. The predicted octanol–water partition coefficient (Wildman–Crippen LogP) is 5.03. The average Bonchev–Trinajstić information content (AvgIpc) is 2.87. The third kappa shape index (κ3) is 8.14. The Morgan fingerprint density at radius 1 is 1.08 bits per heavy atom. The molecule has 208 valence electrons. The summed E-state index contributed by atoms with van der Waals surface area (Å²) in [5, 5.41) is 3.53. The normalized spacial score (nSPS) is 15.1. The molecule has 0 spiro atoms. The molecule has 1 atom stereocenters. The molecule has 0 heterocycles. The Bertz CT molecular complexity index is 1240. The van der Waals surface area contributed by atoms with Crippen LogP contribution in [0.25, 0.3) is 0 Å². The van der Waals surface area contributed by atoms with Gasteiger partial charge < -0.3 is 10.2 Å². The van der Waals surface area contributed by atoms with E-state index in [1.54, 1.807) is 31.2 Å². The molecule has 1 fully saturated rings. The van der Waals surface area contributed by atoms with E-state index in [0.717, 1.165) is 54.8 Å². The molecule has 7 nitrogen and oxygen atoms in total. The van der Waals surface area contributed by atoms with Gasteiger partial charge in [-0.25, -0.2) is 17.2 Å². The van der Waals surface area contributed by atoms with Crippen molar-refractivity contribution >= 4 is 39.1 Å². The quantitative estimate of drug-likeness (QED) is 0.411. The second kappa shape index (κ2) is 13.4. The molecule has 3 rings (SSSR count). The topological polar surface area (TPSA) is 86.8 Å². The molecule has 0 aliphatic heterocycles. The second-order valence-electron chi connectivity index (χ2n) is 9.67. The van der Waals surface area contributed by atoms with Gasteiger partial charge >= 0.3 is 0 Å². The summed E-state index contributed by atoms with van der Waals surface area (Å²) >= 11 is 6.33. The van der Waals surface area contributed by atoms with Gasteiger partial charge in [-0.05, 0) is 49.9 Å². The molecular formula is C27H34ClF2N3O4S. The summed E-state index contributed by atoms with van der Waals surface area (Å²) in [7, 11) is -3.83. The fourth-order valence-electron chi connectivity index (χ4n) is 4.61. The van der Waals surface area contributed by atoms with Gasteiger partial charge in [0, 0.05) is 36.6 Å². The van der Waals surface area contributed by atoms with E-state index in [4.69, 9.17) is 11.6 Å². The van der Waals surface area contributed by atoms with Crippen LogP contribution in [0, 0.1) is 11.6 Å². The molecular weight excluding hydrogens is 536 g/mol. The lowest BCUT2D eigenvalue weighted by Crippen LogP contribution is -2.50. The molecule has 1 unspecified atom stereocenters. The van der Waals surface area contributed by atoms with E-state index >= 15 is 0 Å². The van der Waals surface area contributed by atoms with Crippen molar-refractivity contribution in [2.75, 3.05) is 17.1 Å². The number of carbonyl (C=O) groups excluding carboxylic acids is 2. The number of nitrogens with one attached hydrogen (secondary N) is 1. The molecule has 0 bridgehead atoms. The van der Waals surface area contributed by atoms with Crippen molar-refractivity contribution < 1.29 is 26.8 Å². The summed E-state index contributed by atoms with van der Waals surface area (Å²) in [5.74, 6) is -2.86. The van der Waals surface area contributed by atoms with Gasteiger partial charge in [-0.1, -0.05) is 49.1 Å². The summed E-state index contributed by atoms with van der Waals surface area (Å²) in [6, 6.07) is 9.18. The summed E-state index contributed by atoms with van der Waals surface area (Å²) in [6.45, 7) is 1.64. The summed E-state index contributed by atoms with van der Waals surface area (Å²) in [6.07, 6.45) is 6.05. The number of rotatable bonds is 11. The molecule has 38 heavy (non-hydrogen) atoms. The first-order valence-electron chi connectivity index (χ1n) is 12.7. The minimum absolute atomic E-state index is 0.0352. The van der Waals surface area contributed by atoms with Crippen LogP contribution in [0.4, 0.5) is 14.5 Å². The fourth-order valence-corrected chi connectivity index (χ4v) is 5.76. The SMILES string of the molecule is CC(C(=O)NC1CCCCC1)N(Cc1ccccc1Cl)C(=O)CCCN(c1ccc(F)c(F)c1)S(C)(=O)=O.